The van der Waals surface area contributed by atoms with E-state index in [4.69, 9.17) is 0 Å². The van der Waals surface area contributed by atoms with Gasteiger partial charge in [-0.2, -0.15) is 0 Å². The zero-order valence-corrected chi connectivity index (χ0v) is 10.2. The minimum atomic E-state index is -1.31. The minimum absolute atomic E-state index is 0.134. The number of nitrogens with one attached hydrogen (secondary N) is 1. The van der Waals surface area contributed by atoms with E-state index < -0.39 is 33.8 Å². The Balaban J connectivity index is 3.05. The van der Waals surface area contributed by atoms with Gasteiger partial charge in [-0.25, -0.2) is 13.2 Å². The van der Waals surface area contributed by atoms with Gasteiger partial charge in [0.15, 0.2) is 17.1 Å². The second kappa shape index (κ2) is 4.15. The summed E-state index contributed by atoms with van der Waals surface area (Å²) in [6, 6.07) is 0.395. The van der Waals surface area contributed by atoms with Gasteiger partial charge in [0.05, 0.1) is 10.9 Å². The Morgan fingerprint density at radius 1 is 1.17 bits per heavy atom. The molecule has 1 aromatic heterocycles. The summed E-state index contributed by atoms with van der Waals surface area (Å²) in [5.41, 5.74) is -0.203. The molecule has 18 heavy (non-hydrogen) atoms. The van der Waals surface area contributed by atoms with Gasteiger partial charge in [0.1, 0.15) is 5.82 Å². The molecule has 0 saturated heterocycles. The maximum Gasteiger partial charge on any atom is 0.196 e. The lowest BCUT2D eigenvalue weighted by atomic mass is 9.98. The van der Waals surface area contributed by atoms with Crippen molar-refractivity contribution in [3.05, 3.63) is 45.0 Å². The van der Waals surface area contributed by atoms with Gasteiger partial charge in [-0.3, -0.25) is 4.79 Å². The largest absolute Gasteiger partial charge is 0.356 e. The van der Waals surface area contributed by atoms with E-state index in [2.05, 4.69) is 4.98 Å². The van der Waals surface area contributed by atoms with E-state index in [1.54, 1.807) is 20.8 Å². The third kappa shape index (κ3) is 1.70. The van der Waals surface area contributed by atoms with Gasteiger partial charge in [0.25, 0.3) is 0 Å². The van der Waals surface area contributed by atoms with Gasteiger partial charge in [-0.05, 0) is 12.8 Å². The third-order valence-electron chi connectivity index (χ3n) is 2.94. The van der Waals surface area contributed by atoms with E-state index in [1.165, 1.54) is 0 Å². The maximum atomic E-state index is 13.6. The summed E-state index contributed by atoms with van der Waals surface area (Å²) in [6.45, 7) is 5.14. The lowest BCUT2D eigenvalue weighted by molar-refractivity contribution is 0.503. The molecule has 1 N–H and O–H groups in total. The summed E-state index contributed by atoms with van der Waals surface area (Å²) >= 11 is 0. The second-order valence-corrected chi connectivity index (χ2v) is 4.55. The average Bonchev–Trinajstić information content (AvgIpc) is 2.24. The van der Waals surface area contributed by atoms with Crippen LogP contribution < -0.4 is 5.43 Å². The molecule has 2 rings (SSSR count). The number of fused-ring (bicyclic) bond motifs is 1. The van der Waals surface area contributed by atoms with Crippen LogP contribution in [0.1, 0.15) is 31.0 Å². The topological polar surface area (TPSA) is 32.9 Å². The summed E-state index contributed by atoms with van der Waals surface area (Å²) in [5.74, 6) is -3.73. The predicted molar refractivity (Wildman–Crippen MR) is 63.3 cm³/mol. The highest BCUT2D eigenvalue weighted by molar-refractivity contribution is 5.81. The molecule has 0 aliphatic heterocycles. The molecule has 96 valence electrons. The van der Waals surface area contributed by atoms with Crippen molar-refractivity contribution in [2.24, 2.45) is 0 Å². The smallest absolute Gasteiger partial charge is 0.196 e. The van der Waals surface area contributed by atoms with Crippen molar-refractivity contribution in [2.75, 3.05) is 0 Å². The molecule has 0 spiro atoms. The van der Waals surface area contributed by atoms with Crippen LogP contribution >= 0.6 is 0 Å². The van der Waals surface area contributed by atoms with Crippen molar-refractivity contribution in [2.45, 2.75) is 26.7 Å². The van der Waals surface area contributed by atoms with Crippen molar-refractivity contribution in [3.8, 4) is 0 Å². The van der Waals surface area contributed by atoms with Gasteiger partial charge in [0, 0.05) is 17.3 Å². The molecular weight excluding hydrogens is 243 g/mol. The van der Waals surface area contributed by atoms with Gasteiger partial charge < -0.3 is 4.98 Å². The lowest BCUT2D eigenvalue weighted by Gasteiger charge is -2.11. The van der Waals surface area contributed by atoms with E-state index in [1.807, 2.05) is 0 Å². The van der Waals surface area contributed by atoms with Gasteiger partial charge in [-0.1, -0.05) is 13.8 Å². The Labute approximate surface area is 101 Å². The molecular formula is C13H12F3NO. The first-order valence-electron chi connectivity index (χ1n) is 5.54. The summed E-state index contributed by atoms with van der Waals surface area (Å²) < 4.78 is 40.3. The summed E-state index contributed by atoms with van der Waals surface area (Å²) in [6.07, 6.45) is 0. The number of hydrogen-bond donors (Lipinski definition) is 1. The van der Waals surface area contributed by atoms with E-state index in [9.17, 15) is 18.0 Å². The number of pyridine rings is 1. The van der Waals surface area contributed by atoms with Gasteiger partial charge in [-0.15, -0.1) is 0 Å². The molecule has 0 saturated carbocycles. The fraction of sp³-hybridized carbons (Fsp3) is 0.308. The number of aromatic nitrogens is 1. The van der Waals surface area contributed by atoms with Crippen molar-refractivity contribution in [3.63, 3.8) is 0 Å². The zero-order chi connectivity index (χ0) is 13.6. The number of rotatable bonds is 1. The van der Waals surface area contributed by atoms with Crippen LogP contribution in [0.15, 0.2) is 10.9 Å². The molecule has 2 nitrogen and oxygen atoms in total. The SMILES string of the molecule is Cc1[nH]c2c(F)c(F)cc(F)c2c(=O)c1C(C)C. The number of hydrogen-bond acceptors (Lipinski definition) is 1. The van der Waals surface area contributed by atoms with Crippen molar-refractivity contribution >= 4 is 10.9 Å². The first-order valence-corrected chi connectivity index (χ1v) is 5.54. The van der Waals surface area contributed by atoms with Crippen LogP contribution in [0.25, 0.3) is 10.9 Å². The van der Waals surface area contributed by atoms with E-state index >= 15 is 0 Å². The first-order chi connectivity index (χ1) is 8.34. The quantitative estimate of drug-likeness (QED) is 0.778. The highest BCUT2D eigenvalue weighted by Crippen LogP contribution is 2.23. The maximum absolute atomic E-state index is 13.6. The number of halogens is 3. The summed E-state index contributed by atoms with van der Waals surface area (Å²) in [4.78, 5) is 14.7. The molecule has 0 atom stereocenters. The molecule has 1 aromatic carbocycles. The van der Waals surface area contributed by atoms with E-state index in [0.717, 1.165) is 0 Å². The molecule has 0 aliphatic rings. The molecule has 0 aliphatic carbocycles. The van der Waals surface area contributed by atoms with Crippen LogP contribution in [-0.2, 0) is 0 Å². The van der Waals surface area contributed by atoms with Gasteiger partial charge in [0.2, 0.25) is 0 Å². The standard InChI is InChI=1S/C13H12F3NO/c1-5(2)9-6(3)17-12-10(13(9)18)7(14)4-8(15)11(12)16/h4-5H,1-3H3,(H,17,18). The Morgan fingerprint density at radius 3 is 2.33 bits per heavy atom. The van der Waals surface area contributed by atoms with Gasteiger partial charge >= 0.3 is 0 Å². The molecule has 5 heteroatoms. The number of benzene rings is 1. The number of aryl methyl sites for hydroxylation is 1. The Kier molecular flexibility index (Phi) is 2.92. The van der Waals surface area contributed by atoms with E-state index in [0.29, 0.717) is 17.3 Å². The molecule has 1 heterocycles. The molecule has 0 bridgehead atoms. The van der Waals surface area contributed by atoms with Crippen molar-refractivity contribution in [1.82, 2.24) is 4.98 Å². The minimum Gasteiger partial charge on any atom is -0.356 e. The van der Waals surface area contributed by atoms with Crippen LogP contribution in [0.3, 0.4) is 0 Å². The second-order valence-electron chi connectivity index (χ2n) is 4.55. The molecule has 0 fully saturated rings. The van der Waals surface area contributed by atoms with Crippen LogP contribution in [0, 0.1) is 24.4 Å². The van der Waals surface area contributed by atoms with E-state index in [-0.39, 0.29) is 5.92 Å². The third-order valence-corrected chi connectivity index (χ3v) is 2.94. The summed E-state index contributed by atoms with van der Waals surface area (Å²) in [7, 11) is 0. The molecule has 0 radical (unpaired) electrons. The van der Waals surface area contributed by atoms with Crippen LogP contribution in [0.2, 0.25) is 0 Å². The fourth-order valence-electron chi connectivity index (χ4n) is 2.19. The fourth-order valence-corrected chi connectivity index (χ4v) is 2.19. The number of H-pyrrole nitrogens is 1. The normalized spacial score (nSPS) is 11.5. The van der Waals surface area contributed by atoms with Crippen LogP contribution in [-0.4, -0.2) is 4.98 Å². The Bertz CT molecular complexity index is 689. The summed E-state index contributed by atoms with van der Waals surface area (Å²) in [5, 5.41) is -0.428. The first kappa shape index (κ1) is 12.7. The highest BCUT2D eigenvalue weighted by Gasteiger charge is 2.20. The Hall–Kier alpha value is -1.78. The van der Waals surface area contributed by atoms with Crippen LogP contribution in [0.4, 0.5) is 13.2 Å². The average molecular weight is 255 g/mol. The number of aromatic amines is 1. The zero-order valence-electron chi connectivity index (χ0n) is 10.2. The Morgan fingerprint density at radius 2 is 1.78 bits per heavy atom. The molecule has 2 aromatic rings. The predicted octanol–water partition coefficient (Wildman–Crippen LogP) is 3.38. The molecule has 0 amide bonds. The lowest BCUT2D eigenvalue weighted by Crippen LogP contribution is -2.17. The van der Waals surface area contributed by atoms with Crippen LogP contribution in [0.5, 0.6) is 0 Å². The van der Waals surface area contributed by atoms with Crippen molar-refractivity contribution in [1.29, 1.82) is 0 Å². The highest BCUT2D eigenvalue weighted by atomic mass is 19.2. The monoisotopic (exact) mass is 255 g/mol. The van der Waals surface area contributed by atoms with Crippen molar-refractivity contribution < 1.29 is 13.2 Å². The molecule has 0 unspecified atom stereocenters.